The number of piperazine rings is 1. The Labute approximate surface area is 161 Å². The third-order valence-corrected chi connectivity index (χ3v) is 6.24. The van der Waals surface area contributed by atoms with Crippen molar-refractivity contribution < 1.29 is 9.18 Å². The van der Waals surface area contributed by atoms with E-state index in [4.69, 9.17) is 0 Å². The molecule has 0 N–H and O–H groups in total. The van der Waals surface area contributed by atoms with Crippen molar-refractivity contribution in [2.45, 2.75) is 19.4 Å². The SMILES string of the molecule is CCc1cc2c(N3CCN(C(C=O)c4ccc(F)cc4)CC3)ncnc2s1. The number of carbonyl (C=O) groups is 1. The number of benzene rings is 1. The van der Waals surface area contributed by atoms with Gasteiger partial charge in [0.05, 0.1) is 11.4 Å². The van der Waals surface area contributed by atoms with Crippen molar-refractivity contribution in [2.75, 3.05) is 31.1 Å². The minimum atomic E-state index is -0.342. The summed E-state index contributed by atoms with van der Waals surface area (Å²) in [5, 5.41) is 1.11. The van der Waals surface area contributed by atoms with Crippen LogP contribution in [0.5, 0.6) is 0 Å². The van der Waals surface area contributed by atoms with Crippen LogP contribution in [0.25, 0.3) is 10.2 Å². The maximum Gasteiger partial charge on any atom is 0.141 e. The van der Waals surface area contributed by atoms with Crippen LogP contribution in [0, 0.1) is 5.82 Å². The molecule has 1 unspecified atom stereocenters. The molecule has 2 aromatic heterocycles. The molecule has 4 rings (SSSR count). The first-order chi connectivity index (χ1) is 13.2. The minimum Gasteiger partial charge on any atom is -0.353 e. The molecule has 1 atom stereocenters. The Bertz CT molecular complexity index is 935. The van der Waals surface area contributed by atoms with Gasteiger partial charge in [0.2, 0.25) is 0 Å². The predicted octanol–water partition coefficient (Wildman–Crippen LogP) is 3.46. The van der Waals surface area contributed by atoms with E-state index in [1.807, 2.05) is 0 Å². The van der Waals surface area contributed by atoms with Gasteiger partial charge in [0.25, 0.3) is 0 Å². The van der Waals surface area contributed by atoms with Gasteiger partial charge in [0, 0.05) is 31.1 Å². The summed E-state index contributed by atoms with van der Waals surface area (Å²) in [5.74, 6) is 0.684. The number of rotatable bonds is 5. The van der Waals surface area contributed by atoms with Crippen LogP contribution in [0.1, 0.15) is 23.4 Å². The van der Waals surface area contributed by atoms with Crippen molar-refractivity contribution in [2.24, 2.45) is 0 Å². The number of aldehydes is 1. The third kappa shape index (κ3) is 3.57. The molecule has 7 heteroatoms. The summed E-state index contributed by atoms with van der Waals surface area (Å²) in [7, 11) is 0. The molecule has 0 radical (unpaired) electrons. The minimum absolute atomic E-state index is 0.289. The number of fused-ring (bicyclic) bond motifs is 1. The van der Waals surface area contributed by atoms with Gasteiger partial charge in [-0.1, -0.05) is 19.1 Å². The summed E-state index contributed by atoms with van der Waals surface area (Å²) in [5.41, 5.74) is 0.828. The second-order valence-corrected chi connectivity index (χ2v) is 7.75. The smallest absolute Gasteiger partial charge is 0.141 e. The van der Waals surface area contributed by atoms with Gasteiger partial charge < -0.3 is 9.69 Å². The highest BCUT2D eigenvalue weighted by Gasteiger charge is 2.26. The van der Waals surface area contributed by atoms with Gasteiger partial charge in [0.1, 0.15) is 29.1 Å². The molecule has 3 aromatic rings. The second-order valence-electron chi connectivity index (χ2n) is 6.64. The third-order valence-electron chi connectivity index (χ3n) is 5.06. The summed E-state index contributed by atoms with van der Waals surface area (Å²) in [4.78, 5) is 27.3. The van der Waals surface area contributed by atoms with Gasteiger partial charge >= 0.3 is 0 Å². The Morgan fingerprint density at radius 1 is 1.19 bits per heavy atom. The molecule has 1 aromatic carbocycles. The number of thiophene rings is 1. The lowest BCUT2D eigenvalue weighted by molar-refractivity contribution is -0.112. The fourth-order valence-corrected chi connectivity index (χ4v) is 4.50. The average molecular weight is 384 g/mol. The van der Waals surface area contributed by atoms with Crippen LogP contribution in [0.2, 0.25) is 0 Å². The maximum absolute atomic E-state index is 13.2. The summed E-state index contributed by atoms with van der Waals surface area (Å²) < 4.78 is 13.2. The standard InChI is InChI=1S/C20H21FN4OS/c1-2-16-11-17-19(22-13-23-20(17)27-16)25-9-7-24(8-10-25)18(12-26)14-3-5-15(21)6-4-14/h3-6,11-13,18H,2,7-10H2,1H3. The van der Waals surface area contributed by atoms with Crippen molar-refractivity contribution in [3.63, 3.8) is 0 Å². The number of nitrogens with zero attached hydrogens (tertiary/aromatic N) is 4. The normalized spacial score (nSPS) is 16.6. The summed E-state index contributed by atoms with van der Waals surface area (Å²) in [6, 6.07) is 8.03. The van der Waals surface area contributed by atoms with Gasteiger partial charge in [0.15, 0.2) is 0 Å². The van der Waals surface area contributed by atoms with E-state index < -0.39 is 0 Å². The molecule has 0 bridgehead atoms. The lowest BCUT2D eigenvalue weighted by atomic mass is 10.1. The molecule has 1 fully saturated rings. The monoisotopic (exact) mass is 384 g/mol. The van der Waals surface area contributed by atoms with Crippen molar-refractivity contribution in [1.82, 2.24) is 14.9 Å². The van der Waals surface area contributed by atoms with Crippen LogP contribution in [-0.2, 0) is 11.2 Å². The Morgan fingerprint density at radius 2 is 1.93 bits per heavy atom. The van der Waals surface area contributed by atoms with Crippen LogP contribution >= 0.6 is 11.3 Å². The van der Waals surface area contributed by atoms with E-state index in [2.05, 4.69) is 32.8 Å². The van der Waals surface area contributed by atoms with E-state index in [1.54, 1.807) is 29.8 Å². The summed E-state index contributed by atoms with van der Waals surface area (Å²) >= 11 is 1.72. The summed E-state index contributed by atoms with van der Waals surface area (Å²) in [6.07, 6.45) is 3.57. The fraction of sp³-hybridized carbons (Fsp3) is 0.350. The topological polar surface area (TPSA) is 49.3 Å². The zero-order valence-corrected chi connectivity index (χ0v) is 16.0. The number of anilines is 1. The molecule has 140 valence electrons. The quantitative estimate of drug-likeness (QED) is 0.631. The molecule has 0 saturated carbocycles. The molecule has 1 aliphatic rings. The van der Waals surface area contributed by atoms with Crippen molar-refractivity contribution in [3.05, 3.63) is 52.9 Å². The Balaban J connectivity index is 1.51. The second kappa shape index (κ2) is 7.70. The first kappa shape index (κ1) is 18.0. The van der Waals surface area contributed by atoms with E-state index in [1.165, 1.54) is 17.0 Å². The average Bonchev–Trinajstić information content (AvgIpc) is 3.14. The largest absolute Gasteiger partial charge is 0.353 e. The zero-order valence-electron chi connectivity index (χ0n) is 15.1. The molecular formula is C20H21FN4OS. The van der Waals surface area contributed by atoms with Gasteiger partial charge in [-0.15, -0.1) is 11.3 Å². The van der Waals surface area contributed by atoms with Gasteiger partial charge in [-0.05, 0) is 30.2 Å². The lowest BCUT2D eigenvalue weighted by Crippen LogP contribution is -2.48. The van der Waals surface area contributed by atoms with Gasteiger partial charge in [-0.2, -0.15) is 0 Å². The summed E-state index contributed by atoms with van der Waals surface area (Å²) in [6.45, 7) is 5.21. The molecule has 5 nitrogen and oxygen atoms in total. The van der Waals surface area contributed by atoms with Crippen molar-refractivity contribution >= 4 is 33.7 Å². The molecule has 0 amide bonds. The molecule has 1 saturated heterocycles. The number of aryl methyl sites for hydroxylation is 1. The van der Waals surface area contributed by atoms with E-state index in [-0.39, 0.29) is 11.9 Å². The molecule has 27 heavy (non-hydrogen) atoms. The van der Waals surface area contributed by atoms with E-state index in [0.29, 0.717) is 0 Å². The Hall–Kier alpha value is -2.38. The highest BCUT2D eigenvalue weighted by Crippen LogP contribution is 2.31. The first-order valence-corrected chi connectivity index (χ1v) is 9.94. The highest BCUT2D eigenvalue weighted by molar-refractivity contribution is 7.18. The fourth-order valence-electron chi connectivity index (χ4n) is 3.57. The van der Waals surface area contributed by atoms with E-state index >= 15 is 0 Å². The van der Waals surface area contributed by atoms with Crippen molar-refractivity contribution in [3.8, 4) is 0 Å². The van der Waals surface area contributed by atoms with Crippen LogP contribution < -0.4 is 4.90 Å². The number of carbonyl (C=O) groups excluding carboxylic acids is 1. The Kier molecular flexibility index (Phi) is 5.13. The molecule has 0 spiro atoms. The lowest BCUT2D eigenvalue weighted by Gasteiger charge is -2.38. The maximum atomic E-state index is 13.2. The molecule has 0 aliphatic carbocycles. The predicted molar refractivity (Wildman–Crippen MR) is 106 cm³/mol. The zero-order chi connectivity index (χ0) is 18.8. The number of hydrogen-bond acceptors (Lipinski definition) is 6. The van der Waals surface area contributed by atoms with Crippen molar-refractivity contribution in [1.29, 1.82) is 0 Å². The Morgan fingerprint density at radius 3 is 2.59 bits per heavy atom. The van der Waals surface area contributed by atoms with Crippen LogP contribution in [0.15, 0.2) is 36.7 Å². The molecule has 3 heterocycles. The van der Waals surface area contributed by atoms with Crippen LogP contribution in [0.3, 0.4) is 0 Å². The number of halogens is 1. The van der Waals surface area contributed by atoms with Crippen LogP contribution in [-0.4, -0.2) is 47.3 Å². The number of aromatic nitrogens is 2. The van der Waals surface area contributed by atoms with Crippen LogP contribution in [0.4, 0.5) is 10.2 Å². The highest BCUT2D eigenvalue weighted by atomic mass is 32.1. The van der Waals surface area contributed by atoms with E-state index in [9.17, 15) is 9.18 Å². The van der Waals surface area contributed by atoms with Gasteiger partial charge in [-0.25, -0.2) is 14.4 Å². The molecule has 1 aliphatic heterocycles. The number of hydrogen-bond donors (Lipinski definition) is 0. The first-order valence-electron chi connectivity index (χ1n) is 9.12. The van der Waals surface area contributed by atoms with Gasteiger partial charge in [-0.3, -0.25) is 4.90 Å². The van der Waals surface area contributed by atoms with E-state index in [0.717, 1.165) is 60.5 Å². The molecular weight excluding hydrogens is 363 g/mol.